The van der Waals surface area contributed by atoms with Crippen molar-refractivity contribution in [2.75, 3.05) is 5.75 Å². The van der Waals surface area contributed by atoms with Gasteiger partial charge in [-0.3, -0.25) is 0 Å². The average Bonchev–Trinajstić information content (AvgIpc) is 2.90. The first-order chi connectivity index (χ1) is 10.1. The lowest BCUT2D eigenvalue weighted by molar-refractivity contribution is 0.203. The highest BCUT2D eigenvalue weighted by Crippen LogP contribution is 2.30. The number of aromatic amines is 1. The number of aliphatic hydroxyl groups is 1. The van der Waals surface area contributed by atoms with E-state index in [2.05, 4.69) is 9.97 Å². The zero-order valence-corrected chi connectivity index (χ0v) is 11.8. The van der Waals surface area contributed by atoms with Gasteiger partial charge < -0.3 is 20.3 Å². The molecule has 1 heterocycles. The van der Waals surface area contributed by atoms with Crippen molar-refractivity contribution in [1.29, 1.82) is 0 Å². The molecule has 0 bridgehead atoms. The molecule has 6 heteroatoms. The van der Waals surface area contributed by atoms with Gasteiger partial charge in [0.05, 0.1) is 17.1 Å². The standard InChI is InChI=1S/C15H14N2O3S/c18-12-6-5-9(7-13(12)19)14(20)8-21-15-16-10-3-1-2-4-11(10)17-15/h1-7,14,18-20H,8H2,(H,16,17). The van der Waals surface area contributed by atoms with Crippen LogP contribution in [-0.4, -0.2) is 31.0 Å². The van der Waals surface area contributed by atoms with Crippen LogP contribution in [0.4, 0.5) is 0 Å². The Morgan fingerprint density at radius 2 is 1.90 bits per heavy atom. The Morgan fingerprint density at radius 3 is 2.67 bits per heavy atom. The molecule has 3 aromatic rings. The maximum absolute atomic E-state index is 10.1. The lowest BCUT2D eigenvalue weighted by Gasteiger charge is -2.10. The molecule has 5 nitrogen and oxygen atoms in total. The van der Waals surface area contributed by atoms with Crippen LogP contribution in [0.3, 0.4) is 0 Å². The molecule has 0 saturated heterocycles. The highest BCUT2D eigenvalue weighted by Gasteiger charge is 2.12. The minimum absolute atomic E-state index is 0.198. The van der Waals surface area contributed by atoms with Crippen LogP contribution in [0.15, 0.2) is 47.6 Å². The van der Waals surface area contributed by atoms with Gasteiger partial charge in [0.2, 0.25) is 0 Å². The molecule has 0 saturated carbocycles. The van der Waals surface area contributed by atoms with Crippen molar-refractivity contribution in [1.82, 2.24) is 9.97 Å². The van der Waals surface area contributed by atoms with Gasteiger partial charge in [-0.05, 0) is 29.8 Å². The van der Waals surface area contributed by atoms with Gasteiger partial charge in [-0.1, -0.05) is 30.0 Å². The van der Waals surface area contributed by atoms with Crippen LogP contribution >= 0.6 is 11.8 Å². The number of hydrogen-bond acceptors (Lipinski definition) is 5. The van der Waals surface area contributed by atoms with Gasteiger partial charge in [0.1, 0.15) is 0 Å². The molecule has 1 aromatic heterocycles. The molecular weight excluding hydrogens is 288 g/mol. The van der Waals surface area contributed by atoms with Gasteiger partial charge in [0, 0.05) is 5.75 Å². The second-order valence-electron chi connectivity index (χ2n) is 4.63. The molecule has 4 N–H and O–H groups in total. The van der Waals surface area contributed by atoms with Gasteiger partial charge in [0.15, 0.2) is 16.7 Å². The number of fused-ring (bicyclic) bond motifs is 1. The van der Waals surface area contributed by atoms with Crippen molar-refractivity contribution in [2.45, 2.75) is 11.3 Å². The molecule has 0 amide bonds. The van der Waals surface area contributed by atoms with E-state index < -0.39 is 6.10 Å². The summed E-state index contributed by atoms with van der Waals surface area (Å²) >= 11 is 1.40. The Morgan fingerprint density at radius 1 is 1.10 bits per heavy atom. The molecule has 3 rings (SSSR count). The number of imidazole rings is 1. The first-order valence-corrected chi connectivity index (χ1v) is 7.39. The van der Waals surface area contributed by atoms with Crippen LogP contribution in [0.5, 0.6) is 11.5 Å². The summed E-state index contributed by atoms with van der Waals surface area (Å²) in [5, 5.41) is 29.6. The van der Waals surface area contributed by atoms with Crippen LogP contribution in [0, 0.1) is 0 Å². The summed E-state index contributed by atoms with van der Waals surface area (Å²) < 4.78 is 0. The Labute approximate surface area is 125 Å². The molecule has 1 unspecified atom stereocenters. The number of phenols is 2. The minimum atomic E-state index is -0.755. The lowest BCUT2D eigenvalue weighted by Crippen LogP contribution is -2.00. The number of nitrogens with one attached hydrogen (secondary N) is 1. The number of rotatable bonds is 4. The zero-order chi connectivity index (χ0) is 14.8. The van der Waals surface area contributed by atoms with E-state index in [4.69, 9.17) is 0 Å². The number of aliphatic hydroxyl groups excluding tert-OH is 1. The van der Waals surface area contributed by atoms with E-state index in [1.165, 1.54) is 23.9 Å². The molecule has 0 aliphatic rings. The summed E-state index contributed by atoms with van der Waals surface area (Å²) in [6.07, 6.45) is -0.755. The molecular formula is C15H14N2O3S. The Bertz CT molecular complexity index is 739. The Kier molecular flexibility index (Phi) is 3.72. The number of nitrogens with zero attached hydrogens (tertiary/aromatic N) is 1. The largest absolute Gasteiger partial charge is 0.504 e. The van der Waals surface area contributed by atoms with Crippen molar-refractivity contribution < 1.29 is 15.3 Å². The number of thioether (sulfide) groups is 1. The summed E-state index contributed by atoms with van der Waals surface area (Å²) in [6.45, 7) is 0. The van der Waals surface area contributed by atoms with E-state index in [-0.39, 0.29) is 11.5 Å². The molecule has 108 valence electrons. The first kappa shape index (κ1) is 13.8. The van der Waals surface area contributed by atoms with E-state index in [1.807, 2.05) is 24.3 Å². The minimum Gasteiger partial charge on any atom is -0.504 e. The summed E-state index contributed by atoms with van der Waals surface area (Å²) in [7, 11) is 0. The van der Waals surface area contributed by atoms with Crippen molar-refractivity contribution in [3.8, 4) is 11.5 Å². The fourth-order valence-electron chi connectivity index (χ4n) is 2.00. The average molecular weight is 302 g/mol. The van der Waals surface area contributed by atoms with Gasteiger partial charge >= 0.3 is 0 Å². The van der Waals surface area contributed by atoms with Crippen LogP contribution in [-0.2, 0) is 0 Å². The number of aromatic nitrogens is 2. The van der Waals surface area contributed by atoms with Crippen molar-refractivity contribution in [3.05, 3.63) is 48.0 Å². The molecule has 2 aromatic carbocycles. The topological polar surface area (TPSA) is 89.4 Å². The summed E-state index contributed by atoms with van der Waals surface area (Å²) in [6, 6.07) is 12.0. The maximum Gasteiger partial charge on any atom is 0.166 e. The second-order valence-corrected chi connectivity index (χ2v) is 5.64. The normalized spacial score (nSPS) is 12.6. The second kappa shape index (κ2) is 5.67. The fourth-order valence-corrected chi connectivity index (χ4v) is 2.85. The molecule has 0 radical (unpaired) electrons. The molecule has 0 spiro atoms. The van der Waals surface area contributed by atoms with Gasteiger partial charge in [-0.15, -0.1) is 0 Å². The SMILES string of the molecule is Oc1ccc(C(O)CSc2nc3ccccc3[nH]2)cc1O. The fraction of sp³-hybridized carbons (Fsp3) is 0.133. The third-order valence-electron chi connectivity index (χ3n) is 3.13. The predicted octanol–water partition coefficient (Wildman–Crippen LogP) is 2.80. The van der Waals surface area contributed by atoms with E-state index in [1.54, 1.807) is 6.07 Å². The lowest BCUT2D eigenvalue weighted by atomic mass is 10.1. The van der Waals surface area contributed by atoms with E-state index >= 15 is 0 Å². The number of para-hydroxylation sites is 2. The Balaban J connectivity index is 1.70. The highest BCUT2D eigenvalue weighted by molar-refractivity contribution is 7.99. The van der Waals surface area contributed by atoms with Crippen LogP contribution in [0.25, 0.3) is 11.0 Å². The zero-order valence-electron chi connectivity index (χ0n) is 11.0. The van der Waals surface area contributed by atoms with Crippen molar-refractivity contribution in [3.63, 3.8) is 0 Å². The summed E-state index contributed by atoms with van der Waals surface area (Å²) in [5.74, 6) is -0.0412. The number of aromatic hydroxyl groups is 2. The maximum atomic E-state index is 10.1. The van der Waals surface area contributed by atoms with Crippen LogP contribution in [0.2, 0.25) is 0 Å². The quantitative estimate of drug-likeness (QED) is 0.439. The van der Waals surface area contributed by atoms with E-state index in [0.717, 1.165) is 16.2 Å². The van der Waals surface area contributed by atoms with Gasteiger partial charge in [-0.25, -0.2) is 4.98 Å². The number of H-pyrrole nitrogens is 1. The number of phenolic OH excluding ortho intramolecular Hbond substituents is 2. The number of benzene rings is 2. The van der Waals surface area contributed by atoms with Gasteiger partial charge in [-0.2, -0.15) is 0 Å². The molecule has 0 fully saturated rings. The third-order valence-corrected chi connectivity index (χ3v) is 4.08. The first-order valence-electron chi connectivity index (χ1n) is 6.41. The Hall–Kier alpha value is -2.18. The molecule has 0 aliphatic carbocycles. The summed E-state index contributed by atoms with van der Waals surface area (Å²) in [4.78, 5) is 7.59. The predicted molar refractivity (Wildman–Crippen MR) is 81.5 cm³/mol. The van der Waals surface area contributed by atoms with Crippen molar-refractivity contribution in [2.24, 2.45) is 0 Å². The van der Waals surface area contributed by atoms with E-state index in [9.17, 15) is 15.3 Å². The van der Waals surface area contributed by atoms with Gasteiger partial charge in [0.25, 0.3) is 0 Å². The monoisotopic (exact) mass is 302 g/mol. The van der Waals surface area contributed by atoms with E-state index in [0.29, 0.717) is 11.3 Å². The highest BCUT2D eigenvalue weighted by atomic mass is 32.2. The molecule has 1 atom stereocenters. The third kappa shape index (κ3) is 2.96. The molecule has 0 aliphatic heterocycles. The summed E-state index contributed by atoms with van der Waals surface area (Å²) in [5.41, 5.74) is 2.39. The van der Waals surface area contributed by atoms with Crippen LogP contribution in [0.1, 0.15) is 11.7 Å². The van der Waals surface area contributed by atoms with Crippen molar-refractivity contribution >= 4 is 22.8 Å². The number of hydrogen-bond donors (Lipinski definition) is 4. The van der Waals surface area contributed by atoms with Crippen LogP contribution < -0.4 is 0 Å². The smallest absolute Gasteiger partial charge is 0.166 e. The molecule has 21 heavy (non-hydrogen) atoms.